The van der Waals surface area contributed by atoms with Gasteiger partial charge in [-0.25, -0.2) is 19.7 Å². The van der Waals surface area contributed by atoms with E-state index in [0.29, 0.717) is 17.1 Å². The third kappa shape index (κ3) is 7.34. The molecule has 1 atom stereocenters. The number of nitrogens with one attached hydrogen (secondary N) is 5. The van der Waals surface area contributed by atoms with E-state index in [1.807, 2.05) is 30.3 Å². The first kappa shape index (κ1) is 28.1. The zero-order chi connectivity index (χ0) is 28.5. The highest BCUT2D eigenvalue weighted by molar-refractivity contribution is 6.31. The maximum absolute atomic E-state index is 14.9. The molecule has 0 saturated carbocycles. The lowest BCUT2D eigenvalue weighted by Gasteiger charge is -2.19. The van der Waals surface area contributed by atoms with Gasteiger partial charge in [0.1, 0.15) is 12.4 Å². The summed E-state index contributed by atoms with van der Waals surface area (Å²) in [6, 6.07) is 17.5. The summed E-state index contributed by atoms with van der Waals surface area (Å²) in [5.74, 6) is -1.83. The molecule has 0 saturated heterocycles. The number of carbonyl (C=O) groups excluding carboxylic acids is 3. The lowest BCUT2D eigenvalue weighted by Crippen LogP contribution is -2.44. The standard InChI is InChI=1S/C27H25ClFN7O4/c1-40-27(39)32-19-9-7-18(8-10-19)31-26(38)22(15-17-5-3-2-4-6-17)33-24(37)14-11-20-23(36-16-30-34-35-36)13-12-21(28)25(20)29/h2-14,16,22,34-35H,15H2,1H3,(H,31,38)(H,32,39)(H,33,37)/b14-11+/t22-/m0/s1. The van der Waals surface area contributed by atoms with Crippen LogP contribution in [-0.4, -0.2) is 37.4 Å². The van der Waals surface area contributed by atoms with Gasteiger partial charge in [-0.15, -0.1) is 5.53 Å². The van der Waals surface area contributed by atoms with Crippen LogP contribution in [0, 0.1) is 5.82 Å². The molecule has 206 valence electrons. The average molecular weight is 566 g/mol. The topological polar surface area (TPSA) is 136 Å². The van der Waals surface area contributed by atoms with Crippen LogP contribution in [0.2, 0.25) is 5.02 Å². The number of hydrazone groups is 1. The van der Waals surface area contributed by atoms with Crippen molar-refractivity contribution in [3.05, 3.63) is 94.8 Å². The number of nitrogens with zero attached hydrogens (tertiary/aromatic N) is 2. The molecule has 3 amide bonds. The summed E-state index contributed by atoms with van der Waals surface area (Å²) < 4.78 is 19.4. The number of hydrogen-bond donors (Lipinski definition) is 5. The summed E-state index contributed by atoms with van der Waals surface area (Å²) in [6.45, 7) is 0. The highest BCUT2D eigenvalue weighted by atomic mass is 35.5. The molecule has 1 aliphatic heterocycles. The Bertz CT molecular complexity index is 1430. The minimum Gasteiger partial charge on any atom is -0.453 e. The Morgan fingerprint density at radius 3 is 2.40 bits per heavy atom. The van der Waals surface area contributed by atoms with Gasteiger partial charge in [0.2, 0.25) is 11.8 Å². The Balaban J connectivity index is 1.50. The third-order valence-corrected chi connectivity index (χ3v) is 5.97. The van der Waals surface area contributed by atoms with E-state index in [9.17, 15) is 18.8 Å². The number of methoxy groups -OCH3 is 1. The van der Waals surface area contributed by atoms with Crippen molar-refractivity contribution in [2.45, 2.75) is 12.5 Å². The monoisotopic (exact) mass is 565 g/mol. The summed E-state index contributed by atoms with van der Waals surface area (Å²) in [4.78, 5) is 37.5. The molecule has 40 heavy (non-hydrogen) atoms. The quantitative estimate of drug-likeness (QED) is 0.249. The first-order valence-electron chi connectivity index (χ1n) is 11.9. The van der Waals surface area contributed by atoms with Crippen LogP contribution in [-0.2, 0) is 20.7 Å². The first-order chi connectivity index (χ1) is 19.3. The number of halogens is 2. The molecule has 0 aliphatic carbocycles. The number of anilines is 3. The van der Waals surface area contributed by atoms with Gasteiger partial charge in [0, 0.05) is 29.4 Å². The van der Waals surface area contributed by atoms with Gasteiger partial charge < -0.3 is 15.4 Å². The first-order valence-corrected chi connectivity index (χ1v) is 12.3. The molecule has 5 N–H and O–H groups in total. The Kier molecular flexibility index (Phi) is 9.28. The van der Waals surface area contributed by atoms with Crippen LogP contribution in [0.3, 0.4) is 0 Å². The van der Waals surface area contributed by atoms with E-state index in [4.69, 9.17) is 11.6 Å². The Labute approximate surface area is 234 Å². The lowest BCUT2D eigenvalue weighted by atomic mass is 10.0. The summed E-state index contributed by atoms with van der Waals surface area (Å²) in [5, 5.41) is 13.1. The summed E-state index contributed by atoms with van der Waals surface area (Å²) in [7, 11) is 1.25. The molecular formula is C27H25ClFN7O4. The molecule has 11 nitrogen and oxygen atoms in total. The molecule has 1 aliphatic rings. The van der Waals surface area contributed by atoms with E-state index < -0.39 is 29.8 Å². The lowest BCUT2D eigenvalue weighted by molar-refractivity contribution is -0.123. The Morgan fingerprint density at radius 1 is 1.05 bits per heavy atom. The van der Waals surface area contributed by atoms with Crippen molar-refractivity contribution >= 4 is 59.0 Å². The summed E-state index contributed by atoms with van der Waals surface area (Å²) in [5.41, 5.74) is 7.34. The van der Waals surface area contributed by atoms with Crippen LogP contribution in [0.1, 0.15) is 11.1 Å². The molecule has 4 rings (SSSR count). The smallest absolute Gasteiger partial charge is 0.411 e. The molecule has 0 radical (unpaired) electrons. The van der Waals surface area contributed by atoms with Gasteiger partial charge in [0.25, 0.3) is 0 Å². The van der Waals surface area contributed by atoms with Crippen molar-refractivity contribution in [3.8, 4) is 0 Å². The predicted octanol–water partition coefficient (Wildman–Crippen LogP) is 3.81. The SMILES string of the molecule is COC(=O)Nc1ccc(NC(=O)[C@H](Cc2ccccc2)NC(=O)/C=C/c2c(N3C=NNN3)ccc(Cl)c2F)cc1. The molecule has 0 unspecified atom stereocenters. The number of benzene rings is 3. The van der Waals surface area contributed by atoms with E-state index in [0.717, 1.165) is 11.6 Å². The van der Waals surface area contributed by atoms with Crippen molar-refractivity contribution in [2.24, 2.45) is 5.10 Å². The van der Waals surface area contributed by atoms with E-state index in [1.54, 1.807) is 30.3 Å². The number of hydrogen-bond acceptors (Lipinski definition) is 8. The van der Waals surface area contributed by atoms with Gasteiger partial charge in [-0.05, 0) is 48.0 Å². The highest BCUT2D eigenvalue weighted by Gasteiger charge is 2.22. The predicted molar refractivity (Wildman–Crippen MR) is 151 cm³/mol. The number of hydrazine groups is 2. The van der Waals surface area contributed by atoms with Crippen molar-refractivity contribution in [1.29, 1.82) is 0 Å². The maximum Gasteiger partial charge on any atom is 0.411 e. The number of carbonyl (C=O) groups is 3. The van der Waals surface area contributed by atoms with E-state index in [2.05, 4.69) is 36.9 Å². The highest BCUT2D eigenvalue weighted by Crippen LogP contribution is 2.29. The van der Waals surface area contributed by atoms with Crippen LogP contribution >= 0.6 is 11.6 Å². The zero-order valence-electron chi connectivity index (χ0n) is 21.2. The minimum atomic E-state index is -0.965. The number of rotatable bonds is 9. The Morgan fingerprint density at radius 2 is 1.75 bits per heavy atom. The van der Waals surface area contributed by atoms with E-state index in [-0.39, 0.29) is 17.0 Å². The molecule has 0 aromatic heterocycles. The second-order valence-corrected chi connectivity index (χ2v) is 8.81. The van der Waals surface area contributed by atoms with Crippen molar-refractivity contribution in [3.63, 3.8) is 0 Å². The normalized spacial score (nSPS) is 13.0. The van der Waals surface area contributed by atoms with Crippen molar-refractivity contribution in [2.75, 3.05) is 22.8 Å². The maximum atomic E-state index is 14.9. The largest absolute Gasteiger partial charge is 0.453 e. The average Bonchev–Trinajstić information content (AvgIpc) is 3.50. The molecule has 0 bridgehead atoms. The molecule has 3 aromatic rings. The summed E-state index contributed by atoms with van der Waals surface area (Å²) >= 11 is 5.97. The second-order valence-electron chi connectivity index (χ2n) is 8.40. The van der Waals surface area contributed by atoms with E-state index >= 15 is 0 Å². The fourth-order valence-electron chi connectivity index (χ4n) is 3.72. The van der Waals surface area contributed by atoms with Crippen LogP contribution < -0.4 is 32.0 Å². The van der Waals surface area contributed by atoms with Gasteiger partial charge in [-0.1, -0.05) is 41.9 Å². The van der Waals surface area contributed by atoms with Crippen molar-refractivity contribution < 1.29 is 23.5 Å². The number of ether oxygens (including phenoxy) is 1. The molecule has 3 aromatic carbocycles. The van der Waals surface area contributed by atoms with Crippen LogP contribution in [0.15, 0.2) is 77.9 Å². The van der Waals surface area contributed by atoms with Crippen LogP contribution in [0.4, 0.5) is 26.2 Å². The van der Waals surface area contributed by atoms with Crippen molar-refractivity contribution in [1.82, 2.24) is 16.4 Å². The molecule has 13 heteroatoms. The zero-order valence-corrected chi connectivity index (χ0v) is 21.9. The van der Waals surface area contributed by atoms with Gasteiger partial charge in [0.15, 0.2) is 5.82 Å². The second kappa shape index (κ2) is 13.2. The van der Waals surface area contributed by atoms with Gasteiger partial charge in [-0.2, -0.15) is 5.10 Å². The Hall–Kier alpha value is -4.94. The van der Waals surface area contributed by atoms with Crippen LogP contribution in [0.5, 0.6) is 0 Å². The van der Waals surface area contributed by atoms with E-state index in [1.165, 1.54) is 30.6 Å². The molecular weight excluding hydrogens is 541 g/mol. The van der Waals surface area contributed by atoms with Gasteiger partial charge >= 0.3 is 6.09 Å². The third-order valence-electron chi connectivity index (χ3n) is 5.68. The number of amides is 3. The summed E-state index contributed by atoms with van der Waals surface area (Å²) in [6.07, 6.45) is 3.35. The van der Waals surface area contributed by atoms with Gasteiger partial charge in [0.05, 0.1) is 17.8 Å². The molecule has 1 heterocycles. The fraction of sp³-hybridized carbons (Fsp3) is 0.111. The molecule has 0 fully saturated rings. The fourth-order valence-corrected chi connectivity index (χ4v) is 3.88. The minimum absolute atomic E-state index is 0.0371. The molecule has 0 spiro atoms. The van der Waals surface area contributed by atoms with Gasteiger partial charge in [-0.3, -0.25) is 14.9 Å². The van der Waals surface area contributed by atoms with Crippen LogP contribution in [0.25, 0.3) is 6.08 Å².